The van der Waals surface area contributed by atoms with Crippen molar-refractivity contribution >= 4 is 26.7 Å². The lowest BCUT2D eigenvalue weighted by atomic mass is 10.2. The van der Waals surface area contributed by atoms with E-state index in [4.69, 9.17) is 0 Å². The Morgan fingerprint density at radius 2 is 1.63 bits per heavy atom. The van der Waals surface area contributed by atoms with Crippen LogP contribution in [0.4, 0.5) is 5.69 Å². The minimum absolute atomic E-state index is 0.0558. The Kier molecular flexibility index (Phi) is 4.62. The number of nitro groups is 1. The summed E-state index contributed by atoms with van der Waals surface area (Å²) < 4.78 is 29.8. The van der Waals surface area contributed by atoms with E-state index in [0.29, 0.717) is 16.6 Å². The first-order valence-electron chi connectivity index (χ1n) is 7.98. The van der Waals surface area contributed by atoms with Gasteiger partial charge in [0.25, 0.3) is 5.69 Å². The number of nitro benzene ring substituents is 1. The number of hydrogen-bond acceptors (Lipinski definition) is 5. The van der Waals surface area contributed by atoms with Crippen molar-refractivity contribution in [3.8, 4) is 0 Å². The summed E-state index contributed by atoms with van der Waals surface area (Å²) in [5, 5.41) is 10.7. The highest BCUT2D eigenvalue weighted by atomic mass is 32.2. The minimum atomic E-state index is -3.80. The fraction of sp³-hybridized carbons (Fsp3) is 0.235. The number of aromatic nitrogens is 2. The van der Waals surface area contributed by atoms with Crippen molar-refractivity contribution in [1.82, 2.24) is 13.4 Å². The highest BCUT2D eigenvalue weighted by Crippen LogP contribution is 2.22. The minimum Gasteiger partial charge on any atom is -0.295 e. The van der Waals surface area contributed by atoms with Gasteiger partial charge < -0.3 is 0 Å². The molecule has 3 rings (SSSR count). The SMILES string of the molecule is CN(Cc1ccc([N+](=O)[O-])cc1)S(=O)(=O)c1ccc2c(c1)n(C)c(=O)n2C. The molecular formula is C17H18N4O5S. The standard InChI is InChI=1S/C17H18N4O5S/c1-18(11-12-4-6-13(7-5-12)21(23)24)27(25,26)14-8-9-15-16(10-14)20(3)17(22)19(15)2/h4-10H,11H2,1-3H3. The Labute approximate surface area is 155 Å². The molecule has 0 aliphatic rings. The Morgan fingerprint density at radius 3 is 2.22 bits per heavy atom. The maximum atomic E-state index is 12.9. The zero-order chi connectivity index (χ0) is 19.9. The molecule has 0 radical (unpaired) electrons. The maximum absolute atomic E-state index is 12.9. The molecule has 0 aliphatic heterocycles. The van der Waals surface area contributed by atoms with E-state index < -0.39 is 14.9 Å². The molecule has 1 heterocycles. The molecule has 0 spiro atoms. The number of hydrogen-bond donors (Lipinski definition) is 0. The first kappa shape index (κ1) is 18.8. The van der Waals surface area contributed by atoms with Gasteiger partial charge in [0.1, 0.15) is 0 Å². The van der Waals surface area contributed by atoms with Crippen molar-refractivity contribution in [2.24, 2.45) is 14.1 Å². The number of benzene rings is 2. The number of imidazole rings is 1. The quantitative estimate of drug-likeness (QED) is 0.486. The molecule has 142 valence electrons. The number of aryl methyl sites for hydroxylation is 2. The molecule has 0 N–H and O–H groups in total. The predicted molar refractivity (Wildman–Crippen MR) is 99.9 cm³/mol. The van der Waals surface area contributed by atoms with E-state index in [9.17, 15) is 23.3 Å². The number of non-ortho nitro benzene ring substituents is 1. The van der Waals surface area contributed by atoms with Gasteiger partial charge in [0.05, 0.1) is 20.9 Å². The van der Waals surface area contributed by atoms with E-state index in [1.54, 1.807) is 20.2 Å². The van der Waals surface area contributed by atoms with Gasteiger partial charge in [-0.05, 0) is 23.8 Å². The van der Waals surface area contributed by atoms with Crippen LogP contribution in [0.15, 0.2) is 52.2 Å². The largest absolute Gasteiger partial charge is 0.328 e. The monoisotopic (exact) mass is 390 g/mol. The second kappa shape index (κ2) is 6.63. The van der Waals surface area contributed by atoms with Crippen LogP contribution in [0.2, 0.25) is 0 Å². The van der Waals surface area contributed by atoms with E-state index >= 15 is 0 Å². The number of fused-ring (bicyclic) bond motifs is 1. The van der Waals surface area contributed by atoms with E-state index in [0.717, 1.165) is 4.31 Å². The fourth-order valence-electron chi connectivity index (χ4n) is 2.89. The van der Waals surface area contributed by atoms with Crippen LogP contribution in [0.5, 0.6) is 0 Å². The number of sulfonamides is 1. The predicted octanol–water partition coefficient (Wildman–Crippen LogP) is 1.61. The molecule has 2 aromatic carbocycles. The van der Waals surface area contributed by atoms with Crippen LogP contribution in [0.1, 0.15) is 5.56 Å². The smallest absolute Gasteiger partial charge is 0.295 e. The van der Waals surface area contributed by atoms with Gasteiger partial charge >= 0.3 is 5.69 Å². The average Bonchev–Trinajstić information content (AvgIpc) is 2.86. The maximum Gasteiger partial charge on any atom is 0.328 e. The van der Waals surface area contributed by atoms with Crippen LogP contribution in [0.3, 0.4) is 0 Å². The molecule has 1 aromatic heterocycles. The lowest BCUT2D eigenvalue weighted by Crippen LogP contribution is -2.26. The summed E-state index contributed by atoms with van der Waals surface area (Å²) in [5.74, 6) is 0. The molecule has 0 aliphatic carbocycles. The first-order chi connectivity index (χ1) is 12.6. The van der Waals surface area contributed by atoms with Crippen LogP contribution in [0.25, 0.3) is 11.0 Å². The molecule has 0 fully saturated rings. The Morgan fingerprint density at radius 1 is 1.04 bits per heavy atom. The average molecular weight is 390 g/mol. The molecule has 3 aromatic rings. The van der Waals surface area contributed by atoms with Crippen LogP contribution in [-0.4, -0.2) is 33.8 Å². The van der Waals surface area contributed by atoms with Gasteiger partial charge in [0.15, 0.2) is 0 Å². The van der Waals surface area contributed by atoms with Gasteiger partial charge in [-0.15, -0.1) is 0 Å². The summed E-state index contributed by atoms with van der Waals surface area (Å²) in [6.45, 7) is 0.0616. The van der Waals surface area contributed by atoms with Crippen LogP contribution >= 0.6 is 0 Å². The van der Waals surface area contributed by atoms with Crippen molar-refractivity contribution < 1.29 is 13.3 Å². The van der Waals surface area contributed by atoms with Crippen molar-refractivity contribution in [2.45, 2.75) is 11.4 Å². The van der Waals surface area contributed by atoms with Gasteiger partial charge in [0, 0.05) is 39.8 Å². The van der Waals surface area contributed by atoms with E-state index in [2.05, 4.69) is 0 Å². The van der Waals surface area contributed by atoms with Crippen molar-refractivity contribution in [3.63, 3.8) is 0 Å². The van der Waals surface area contributed by atoms with Crippen molar-refractivity contribution in [3.05, 3.63) is 68.6 Å². The summed E-state index contributed by atoms with van der Waals surface area (Å²) in [7, 11) is 0.844. The van der Waals surface area contributed by atoms with Gasteiger partial charge in [-0.3, -0.25) is 19.2 Å². The van der Waals surface area contributed by atoms with E-state index in [-0.39, 0.29) is 22.8 Å². The van der Waals surface area contributed by atoms with Crippen LogP contribution in [0, 0.1) is 10.1 Å². The summed E-state index contributed by atoms with van der Waals surface area (Å²) in [6.07, 6.45) is 0. The zero-order valence-corrected chi connectivity index (χ0v) is 15.8. The summed E-state index contributed by atoms with van der Waals surface area (Å²) in [5.41, 5.74) is 1.49. The molecular weight excluding hydrogens is 372 g/mol. The normalized spacial score (nSPS) is 12.0. The zero-order valence-electron chi connectivity index (χ0n) is 15.0. The van der Waals surface area contributed by atoms with Crippen molar-refractivity contribution in [1.29, 1.82) is 0 Å². The third-order valence-electron chi connectivity index (χ3n) is 4.50. The summed E-state index contributed by atoms with van der Waals surface area (Å²) in [6, 6.07) is 10.2. The van der Waals surface area contributed by atoms with E-state index in [1.165, 1.54) is 52.6 Å². The lowest BCUT2D eigenvalue weighted by Gasteiger charge is -2.17. The molecule has 0 saturated carbocycles. The molecule has 0 unspecified atom stereocenters. The van der Waals surface area contributed by atoms with Crippen LogP contribution < -0.4 is 5.69 Å². The lowest BCUT2D eigenvalue weighted by molar-refractivity contribution is -0.384. The number of nitrogens with zero attached hydrogens (tertiary/aromatic N) is 4. The highest BCUT2D eigenvalue weighted by Gasteiger charge is 2.22. The third kappa shape index (κ3) is 3.24. The van der Waals surface area contributed by atoms with Gasteiger partial charge in [-0.1, -0.05) is 12.1 Å². The second-order valence-corrected chi connectivity index (χ2v) is 8.28. The molecule has 0 atom stereocenters. The molecule has 0 bridgehead atoms. The molecule has 0 amide bonds. The first-order valence-corrected chi connectivity index (χ1v) is 9.42. The molecule has 9 nitrogen and oxygen atoms in total. The molecule has 0 saturated heterocycles. The second-order valence-electron chi connectivity index (χ2n) is 6.24. The summed E-state index contributed by atoms with van der Waals surface area (Å²) in [4.78, 5) is 22.3. The highest BCUT2D eigenvalue weighted by molar-refractivity contribution is 7.89. The van der Waals surface area contributed by atoms with Gasteiger partial charge in [0.2, 0.25) is 10.0 Å². The molecule has 27 heavy (non-hydrogen) atoms. The van der Waals surface area contributed by atoms with E-state index in [1.807, 2.05) is 0 Å². The number of rotatable bonds is 5. The Hall–Kier alpha value is -2.98. The fourth-order valence-corrected chi connectivity index (χ4v) is 4.07. The third-order valence-corrected chi connectivity index (χ3v) is 6.30. The van der Waals surface area contributed by atoms with Gasteiger partial charge in [-0.25, -0.2) is 13.2 Å². The van der Waals surface area contributed by atoms with Crippen molar-refractivity contribution in [2.75, 3.05) is 7.05 Å². The summed E-state index contributed by atoms with van der Waals surface area (Å²) >= 11 is 0. The Balaban J connectivity index is 1.93. The van der Waals surface area contributed by atoms with Crippen LogP contribution in [-0.2, 0) is 30.7 Å². The molecule has 10 heteroatoms. The Bertz CT molecular complexity index is 1190. The topological polar surface area (TPSA) is 107 Å². The van der Waals surface area contributed by atoms with Gasteiger partial charge in [-0.2, -0.15) is 4.31 Å².